The molecule has 4 nitrogen and oxygen atoms in total. The Kier molecular flexibility index (Phi) is 5.26. The first kappa shape index (κ1) is 15.1. The van der Waals surface area contributed by atoms with E-state index in [2.05, 4.69) is 4.90 Å². The van der Waals surface area contributed by atoms with Crippen molar-refractivity contribution in [1.29, 1.82) is 0 Å². The van der Waals surface area contributed by atoms with Gasteiger partial charge in [0.1, 0.15) is 0 Å². The SMILES string of the molecule is NC(CCC(=O)O)c1ccc(N2CCCCC2)c(Cl)c1. The summed E-state index contributed by atoms with van der Waals surface area (Å²) in [7, 11) is 0. The third-order valence-electron chi connectivity index (χ3n) is 3.77. The van der Waals surface area contributed by atoms with Crippen LogP contribution in [0.4, 0.5) is 5.69 Å². The number of nitrogens with zero attached hydrogens (tertiary/aromatic N) is 1. The molecule has 1 unspecified atom stereocenters. The maximum absolute atomic E-state index is 10.6. The number of benzene rings is 1. The lowest BCUT2D eigenvalue weighted by atomic mass is 10.0. The van der Waals surface area contributed by atoms with Crippen LogP contribution in [-0.2, 0) is 4.79 Å². The molecule has 3 N–H and O–H groups in total. The number of hydrogen-bond acceptors (Lipinski definition) is 3. The van der Waals surface area contributed by atoms with Crippen LogP contribution < -0.4 is 10.6 Å². The molecule has 1 aliphatic rings. The van der Waals surface area contributed by atoms with Crippen molar-refractivity contribution < 1.29 is 9.90 Å². The Labute approximate surface area is 124 Å². The minimum absolute atomic E-state index is 0.0761. The van der Waals surface area contributed by atoms with Crippen molar-refractivity contribution in [3.05, 3.63) is 28.8 Å². The molecule has 1 fully saturated rings. The Bertz CT molecular complexity index is 473. The van der Waals surface area contributed by atoms with Crippen molar-refractivity contribution in [2.75, 3.05) is 18.0 Å². The van der Waals surface area contributed by atoms with Gasteiger partial charge in [0.05, 0.1) is 10.7 Å². The molecule has 0 aliphatic carbocycles. The van der Waals surface area contributed by atoms with E-state index in [1.54, 1.807) is 0 Å². The fourth-order valence-electron chi connectivity index (χ4n) is 2.59. The maximum atomic E-state index is 10.6. The van der Waals surface area contributed by atoms with Crippen LogP contribution in [0, 0.1) is 0 Å². The largest absolute Gasteiger partial charge is 0.481 e. The average Bonchev–Trinajstić information content (AvgIpc) is 2.45. The Morgan fingerprint density at radius 1 is 1.35 bits per heavy atom. The number of carboxylic acids is 1. The van der Waals surface area contributed by atoms with Gasteiger partial charge in [-0.1, -0.05) is 17.7 Å². The highest BCUT2D eigenvalue weighted by Crippen LogP contribution is 2.31. The summed E-state index contributed by atoms with van der Waals surface area (Å²) in [5.41, 5.74) is 7.96. The zero-order valence-corrected chi connectivity index (χ0v) is 12.3. The molecule has 0 radical (unpaired) electrons. The molecular weight excluding hydrogens is 276 g/mol. The summed E-state index contributed by atoms with van der Waals surface area (Å²) in [6.45, 7) is 2.09. The average molecular weight is 297 g/mol. The molecule has 20 heavy (non-hydrogen) atoms. The summed E-state index contributed by atoms with van der Waals surface area (Å²) in [6.07, 6.45) is 4.19. The zero-order chi connectivity index (χ0) is 14.5. The summed E-state index contributed by atoms with van der Waals surface area (Å²) in [5, 5.41) is 9.39. The first-order valence-electron chi connectivity index (χ1n) is 7.09. The summed E-state index contributed by atoms with van der Waals surface area (Å²) < 4.78 is 0. The monoisotopic (exact) mass is 296 g/mol. The number of rotatable bonds is 5. The minimum Gasteiger partial charge on any atom is -0.481 e. The first-order valence-corrected chi connectivity index (χ1v) is 7.47. The van der Waals surface area contributed by atoms with E-state index in [1.807, 2.05) is 18.2 Å². The number of carboxylic acid groups (broad SMARTS) is 1. The number of carbonyl (C=O) groups is 1. The fraction of sp³-hybridized carbons (Fsp3) is 0.533. The molecule has 110 valence electrons. The van der Waals surface area contributed by atoms with E-state index in [-0.39, 0.29) is 12.5 Å². The van der Waals surface area contributed by atoms with Crippen LogP contribution in [0.3, 0.4) is 0 Å². The van der Waals surface area contributed by atoms with Crippen LogP contribution in [0.15, 0.2) is 18.2 Å². The normalized spacial score (nSPS) is 17.0. The number of hydrogen-bond donors (Lipinski definition) is 2. The molecule has 1 aromatic rings. The Balaban J connectivity index is 2.06. The smallest absolute Gasteiger partial charge is 0.303 e. The van der Waals surface area contributed by atoms with E-state index in [1.165, 1.54) is 19.3 Å². The summed E-state index contributed by atoms with van der Waals surface area (Å²) in [5.74, 6) is -0.823. The molecule has 2 rings (SSSR count). The highest BCUT2D eigenvalue weighted by atomic mass is 35.5. The van der Waals surface area contributed by atoms with Gasteiger partial charge in [-0.15, -0.1) is 0 Å². The summed E-state index contributed by atoms with van der Waals surface area (Å²) in [6, 6.07) is 5.56. The van der Waals surface area contributed by atoms with Gasteiger partial charge in [0.15, 0.2) is 0 Å². The third-order valence-corrected chi connectivity index (χ3v) is 4.07. The number of aliphatic carboxylic acids is 1. The van der Waals surface area contributed by atoms with Gasteiger partial charge in [0, 0.05) is 25.6 Å². The van der Waals surface area contributed by atoms with Gasteiger partial charge < -0.3 is 15.7 Å². The van der Waals surface area contributed by atoms with Gasteiger partial charge >= 0.3 is 5.97 Å². The van der Waals surface area contributed by atoms with E-state index >= 15 is 0 Å². The predicted molar refractivity (Wildman–Crippen MR) is 81.3 cm³/mol. The van der Waals surface area contributed by atoms with Gasteiger partial charge in [0.2, 0.25) is 0 Å². The molecule has 0 saturated carbocycles. The predicted octanol–water partition coefficient (Wildman–Crippen LogP) is 3.19. The van der Waals surface area contributed by atoms with Crippen molar-refractivity contribution >= 4 is 23.3 Å². The lowest BCUT2D eigenvalue weighted by Gasteiger charge is -2.30. The van der Waals surface area contributed by atoms with Crippen LogP contribution >= 0.6 is 11.6 Å². The van der Waals surface area contributed by atoms with Crippen LogP contribution in [0.5, 0.6) is 0 Å². The molecule has 1 saturated heterocycles. The quantitative estimate of drug-likeness (QED) is 0.875. The molecule has 1 atom stereocenters. The number of anilines is 1. The molecule has 1 aliphatic heterocycles. The van der Waals surface area contributed by atoms with E-state index in [4.69, 9.17) is 22.4 Å². The Hall–Kier alpha value is -1.26. The van der Waals surface area contributed by atoms with E-state index in [9.17, 15) is 4.79 Å². The van der Waals surface area contributed by atoms with Gasteiger partial charge in [0.25, 0.3) is 0 Å². The molecule has 0 spiro atoms. The summed E-state index contributed by atoms with van der Waals surface area (Å²) in [4.78, 5) is 12.9. The number of halogens is 1. The lowest BCUT2D eigenvalue weighted by Crippen LogP contribution is -2.29. The van der Waals surface area contributed by atoms with Crippen LogP contribution in [-0.4, -0.2) is 24.2 Å². The maximum Gasteiger partial charge on any atom is 0.303 e. The van der Waals surface area contributed by atoms with Crippen LogP contribution in [0.2, 0.25) is 5.02 Å². The molecule has 0 amide bonds. The highest BCUT2D eigenvalue weighted by Gasteiger charge is 2.16. The molecule has 0 bridgehead atoms. The number of piperidine rings is 1. The van der Waals surface area contributed by atoms with Crippen LogP contribution in [0.25, 0.3) is 0 Å². The van der Waals surface area contributed by atoms with Crippen molar-refractivity contribution in [1.82, 2.24) is 0 Å². The Morgan fingerprint density at radius 3 is 2.65 bits per heavy atom. The Morgan fingerprint density at radius 2 is 2.05 bits per heavy atom. The second kappa shape index (κ2) is 6.95. The van der Waals surface area contributed by atoms with Crippen LogP contribution in [0.1, 0.15) is 43.7 Å². The molecule has 0 aromatic heterocycles. The second-order valence-electron chi connectivity index (χ2n) is 5.30. The number of nitrogens with two attached hydrogens (primary N) is 1. The van der Waals surface area contributed by atoms with Gasteiger partial charge in [-0.25, -0.2) is 0 Å². The third kappa shape index (κ3) is 3.87. The van der Waals surface area contributed by atoms with Crippen molar-refractivity contribution in [2.45, 2.75) is 38.1 Å². The van der Waals surface area contributed by atoms with E-state index in [0.717, 1.165) is 24.3 Å². The molecule has 1 aromatic carbocycles. The highest BCUT2D eigenvalue weighted by molar-refractivity contribution is 6.33. The van der Waals surface area contributed by atoms with E-state index in [0.29, 0.717) is 11.4 Å². The molecule has 5 heteroatoms. The van der Waals surface area contributed by atoms with Crippen molar-refractivity contribution in [3.63, 3.8) is 0 Å². The molecule has 1 heterocycles. The van der Waals surface area contributed by atoms with Gasteiger partial charge in [-0.05, 0) is 43.4 Å². The standard InChI is InChI=1S/C15H21ClN2O2/c16-12-10-11(13(17)5-7-15(19)20)4-6-14(12)18-8-2-1-3-9-18/h4,6,10,13H,1-3,5,7-9,17H2,(H,19,20). The molecular formula is C15H21ClN2O2. The van der Waals surface area contributed by atoms with E-state index < -0.39 is 5.97 Å². The van der Waals surface area contributed by atoms with Crippen molar-refractivity contribution in [2.24, 2.45) is 5.73 Å². The topological polar surface area (TPSA) is 66.6 Å². The van der Waals surface area contributed by atoms with Crippen molar-refractivity contribution in [3.8, 4) is 0 Å². The zero-order valence-electron chi connectivity index (χ0n) is 11.5. The lowest BCUT2D eigenvalue weighted by molar-refractivity contribution is -0.137. The fourth-order valence-corrected chi connectivity index (χ4v) is 2.90. The van der Waals surface area contributed by atoms with Gasteiger partial charge in [-0.3, -0.25) is 4.79 Å². The minimum atomic E-state index is -0.823. The van der Waals surface area contributed by atoms with Gasteiger partial charge in [-0.2, -0.15) is 0 Å². The summed E-state index contributed by atoms with van der Waals surface area (Å²) >= 11 is 6.36. The second-order valence-corrected chi connectivity index (χ2v) is 5.70. The first-order chi connectivity index (χ1) is 9.58.